The fourth-order valence-electron chi connectivity index (χ4n) is 3.14. The molecule has 0 aliphatic carbocycles. The zero-order valence-electron chi connectivity index (χ0n) is 12.3. The first-order valence-corrected chi connectivity index (χ1v) is 8.98. The second-order valence-corrected chi connectivity index (χ2v) is 7.79. The average molecular weight is 310 g/mol. The standard InChI is InChI=1S/C15H22N2O3S/c1-2-11-10-17(7-5-14(11)16)21(18,19)13-3-4-15-12(9-13)6-8-20-15/h3-4,9,11,14H,2,5-8,10,16H2,1H3. The molecule has 6 heteroatoms. The zero-order chi connectivity index (χ0) is 15.0. The third kappa shape index (κ3) is 2.67. The Morgan fingerprint density at radius 3 is 3.00 bits per heavy atom. The molecule has 3 rings (SSSR count). The highest BCUT2D eigenvalue weighted by atomic mass is 32.2. The number of hydrogen-bond donors (Lipinski definition) is 1. The number of nitrogens with zero attached hydrogens (tertiary/aromatic N) is 1. The minimum atomic E-state index is -3.43. The van der Waals surface area contributed by atoms with Crippen LogP contribution in [0.4, 0.5) is 0 Å². The number of benzene rings is 1. The van der Waals surface area contributed by atoms with Crippen molar-refractivity contribution in [2.24, 2.45) is 11.7 Å². The van der Waals surface area contributed by atoms with E-state index in [0.29, 0.717) is 24.6 Å². The summed E-state index contributed by atoms with van der Waals surface area (Å²) in [5.41, 5.74) is 7.05. The van der Waals surface area contributed by atoms with Gasteiger partial charge in [-0.05, 0) is 36.1 Å². The minimum Gasteiger partial charge on any atom is -0.493 e. The van der Waals surface area contributed by atoms with Gasteiger partial charge in [0.2, 0.25) is 10.0 Å². The van der Waals surface area contributed by atoms with Crippen LogP contribution in [-0.4, -0.2) is 38.5 Å². The van der Waals surface area contributed by atoms with E-state index in [9.17, 15) is 8.42 Å². The third-order valence-corrected chi connectivity index (χ3v) is 6.44. The molecule has 5 nitrogen and oxygen atoms in total. The van der Waals surface area contributed by atoms with Crippen LogP contribution in [0.5, 0.6) is 5.75 Å². The van der Waals surface area contributed by atoms with Crippen LogP contribution in [0.15, 0.2) is 23.1 Å². The molecule has 1 aromatic rings. The molecule has 2 N–H and O–H groups in total. The van der Waals surface area contributed by atoms with Gasteiger partial charge in [-0.15, -0.1) is 0 Å². The summed E-state index contributed by atoms with van der Waals surface area (Å²) < 4.78 is 32.6. The van der Waals surface area contributed by atoms with Crippen LogP contribution in [0.25, 0.3) is 0 Å². The number of sulfonamides is 1. The van der Waals surface area contributed by atoms with Crippen molar-refractivity contribution in [3.63, 3.8) is 0 Å². The lowest BCUT2D eigenvalue weighted by Crippen LogP contribution is -2.48. The first-order valence-electron chi connectivity index (χ1n) is 7.54. The molecular formula is C15H22N2O3S. The molecule has 1 fully saturated rings. The van der Waals surface area contributed by atoms with Gasteiger partial charge in [-0.25, -0.2) is 8.42 Å². The van der Waals surface area contributed by atoms with Crippen molar-refractivity contribution < 1.29 is 13.2 Å². The molecule has 1 saturated heterocycles. The van der Waals surface area contributed by atoms with E-state index < -0.39 is 10.0 Å². The van der Waals surface area contributed by atoms with Crippen molar-refractivity contribution in [1.29, 1.82) is 0 Å². The van der Waals surface area contributed by atoms with E-state index >= 15 is 0 Å². The molecular weight excluding hydrogens is 288 g/mol. The third-order valence-electron chi connectivity index (χ3n) is 4.58. The molecule has 2 aliphatic rings. The normalized spacial score (nSPS) is 26.4. The summed E-state index contributed by atoms with van der Waals surface area (Å²) in [6.45, 7) is 3.73. The van der Waals surface area contributed by atoms with Crippen molar-refractivity contribution >= 4 is 10.0 Å². The van der Waals surface area contributed by atoms with E-state index in [1.54, 1.807) is 22.5 Å². The molecule has 0 saturated carbocycles. The fourth-order valence-corrected chi connectivity index (χ4v) is 4.70. The maximum absolute atomic E-state index is 12.8. The highest BCUT2D eigenvalue weighted by Crippen LogP contribution is 2.30. The number of rotatable bonds is 3. The molecule has 0 aromatic heterocycles. The largest absolute Gasteiger partial charge is 0.493 e. The molecule has 0 amide bonds. The second-order valence-electron chi connectivity index (χ2n) is 5.85. The Labute approximate surface area is 126 Å². The summed E-state index contributed by atoms with van der Waals surface area (Å²) in [5.74, 6) is 1.05. The number of piperidine rings is 1. The van der Waals surface area contributed by atoms with E-state index in [0.717, 1.165) is 30.6 Å². The molecule has 2 heterocycles. The predicted octanol–water partition coefficient (Wildman–Crippen LogP) is 1.37. The van der Waals surface area contributed by atoms with Crippen LogP contribution in [-0.2, 0) is 16.4 Å². The van der Waals surface area contributed by atoms with Crippen LogP contribution in [0.1, 0.15) is 25.3 Å². The van der Waals surface area contributed by atoms with Crippen molar-refractivity contribution in [1.82, 2.24) is 4.31 Å². The predicted molar refractivity (Wildman–Crippen MR) is 80.8 cm³/mol. The monoisotopic (exact) mass is 310 g/mol. The maximum atomic E-state index is 12.8. The topological polar surface area (TPSA) is 72.6 Å². The van der Waals surface area contributed by atoms with Gasteiger partial charge in [0.15, 0.2) is 0 Å². The number of nitrogens with two attached hydrogens (primary N) is 1. The summed E-state index contributed by atoms with van der Waals surface area (Å²) >= 11 is 0. The summed E-state index contributed by atoms with van der Waals surface area (Å²) in [6.07, 6.45) is 2.41. The molecule has 0 bridgehead atoms. The molecule has 0 radical (unpaired) electrons. The van der Waals surface area contributed by atoms with Gasteiger partial charge in [0.1, 0.15) is 5.75 Å². The second kappa shape index (κ2) is 5.59. The zero-order valence-corrected chi connectivity index (χ0v) is 13.1. The van der Waals surface area contributed by atoms with Crippen LogP contribution >= 0.6 is 0 Å². The quantitative estimate of drug-likeness (QED) is 0.915. The molecule has 0 spiro atoms. The average Bonchev–Trinajstić information content (AvgIpc) is 2.94. The highest BCUT2D eigenvalue weighted by molar-refractivity contribution is 7.89. The van der Waals surface area contributed by atoms with E-state index in [1.807, 2.05) is 0 Å². The van der Waals surface area contributed by atoms with Crippen LogP contribution in [0.3, 0.4) is 0 Å². The minimum absolute atomic E-state index is 0.106. The van der Waals surface area contributed by atoms with Gasteiger partial charge < -0.3 is 10.5 Å². The molecule has 1 aromatic carbocycles. The fraction of sp³-hybridized carbons (Fsp3) is 0.600. The summed E-state index contributed by atoms with van der Waals surface area (Å²) in [4.78, 5) is 0.372. The van der Waals surface area contributed by atoms with Crippen LogP contribution in [0.2, 0.25) is 0 Å². The highest BCUT2D eigenvalue weighted by Gasteiger charge is 2.33. The van der Waals surface area contributed by atoms with Crippen LogP contribution < -0.4 is 10.5 Å². The Balaban J connectivity index is 1.86. The number of fused-ring (bicyclic) bond motifs is 1. The number of ether oxygens (including phenoxy) is 1. The van der Waals surface area contributed by atoms with Crippen molar-refractivity contribution in [3.8, 4) is 5.75 Å². The van der Waals surface area contributed by atoms with Gasteiger partial charge in [-0.1, -0.05) is 13.3 Å². The molecule has 21 heavy (non-hydrogen) atoms. The molecule has 116 valence electrons. The van der Waals surface area contributed by atoms with E-state index in [4.69, 9.17) is 10.5 Å². The SMILES string of the molecule is CCC1CN(S(=O)(=O)c2ccc3c(c2)CCO3)CCC1N. The first-order chi connectivity index (χ1) is 10.0. The van der Waals surface area contributed by atoms with Crippen molar-refractivity contribution in [2.45, 2.75) is 37.1 Å². The van der Waals surface area contributed by atoms with Gasteiger partial charge in [0.25, 0.3) is 0 Å². The van der Waals surface area contributed by atoms with E-state index in [2.05, 4.69) is 6.92 Å². The van der Waals surface area contributed by atoms with Gasteiger partial charge in [-0.3, -0.25) is 0 Å². The Morgan fingerprint density at radius 2 is 2.24 bits per heavy atom. The lowest BCUT2D eigenvalue weighted by Gasteiger charge is -2.35. The van der Waals surface area contributed by atoms with E-state index in [-0.39, 0.29) is 12.0 Å². The van der Waals surface area contributed by atoms with Gasteiger partial charge in [0.05, 0.1) is 11.5 Å². The molecule has 2 unspecified atom stereocenters. The number of hydrogen-bond acceptors (Lipinski definition) is 4. The van der Waals surface area contributed by atoms with Gasteiger partial charge >= 0.3 is 0 Å². The summed E-state index contributed by atoms with van der Waals surface area (Å²) in [7, 11) is -3.43. The lowest BCUT2D eigenvalue weighted by molar-refractivity contribution is 0.230. The Kier molecular flexibility index (Phi) is 3.94. The Morgan fingerprint density at radius 1 is 1.43 bits per heavy atom. The lowest BCUT2D eigenvalue weighted by atomic mass is 9.92. The van der Waals surface area contributed by atoms with Gasteiger partial charge in [-0.2, -0.15) is 4.31 Å². The Hall–Kier alpha value is -1.11. The molecule has 2 aliphatic heterocycles. The summed E-state index contributed by atoms with van der Waals surface area (Å²) in [6, 6.07) is 5.28. The van der Waals surface area contributed by atoms with E-state index in [1.165, 1.54) is 0 Å². The smallest absolute Gasteiger partial charge is 0.243 e. The van der Waals surface area contributed by atoms with Crippen LogP contribution in [0, 0.1) is 5.92 Å². The van der Waals surface area contributed by atoms with Crippen molar-refractivity contribution in [3.05, 3.63) is 23.8 Å². The van der Waals surface area contributed by atoms with Gasteiger partial charge in [0, 0.05) is 25.6 Å². The molecule has 2 atom stereocenters. The Bertz CT molecular complexity index is 630. The maximum Gasteiger partial charge on any atom is 0.243 e. The first kappa shape index (κ1) is 14.8. The summed E-state index contributed by atoms with van der Waals surface area (Å²) in [5, 5.41) is 0. The van der Waals surface area contributed by atoms with Crippen molar-refractivity contribution in [2.75, 3.05) is 19.7 Å².